The van der Waals surface area contributed by atoms with Crippen molar-refractivity contribution < 1.29 is 14.3 Å². The molecule has 1 saturated heterocycles. The Balaban J connectivity index is 1.32. The fourth-order valence-corrected chi connectivity index (χ4v) is 5.95. The number of urea groups is 1. The van der Waals surface area contributed by atoms with Crippen molar-refractivity contribution in [2.24, 2.45) is 0 Å². The van der Waals surface area contributed by atoms with Gasteiger partial charge in [-0.25, -0.2) is 14.7 Å². The number of rotatable bonds is 8. The van der Waals surface area contributed by atoms with E-state index in [-0.39, 0.29) is 12.6 Å². The molecule has 3 aromatic carbocycles. The van der Waals surface area contributed by atoms with Crippen LogP contribution in [0.4, 0.5) is 33.6 Å². The Labute approximate surface area is 262 Å². The first kappa shape index (κ1) is 29.7. The highest BCUT2D eigenvalue weighted by atomic mass is 35.5. The summed E-state index contributed by atoms with van der Waals surface area (Å²) in [7, 11) is 5.31. The summed E-state index contributed by atoms with van der Waals surface area (Å²) in [6, 6.07) is 18.9. The molecule has 2 aliphatic rings. The van der Waals surface area contributed by atoms with Gasteiger partial charge in [0.1, 0.15) is 11.5 Å². The highest BCUT2D eigenvalue weighted by Crippen LogP contribution is 2.43. The normalized spacial score (nSPS) is 15.7. The van der Waals surface area contributed by atoms with Crippen LogP contribution in [0.2, 0.25) is 5.02 Å². The van der Waals surface area contributed by atoms with E-state index in [1.54, 1.807) is 54.5 Å². The fourth-order valence-electron chi connectivity index (χ4n) is 5.63. The zero-order chi connectivity index (χ0) is 30.8. The van der Waals surface area contributed by atoms with Crippen LogP contribution >= 0.6 is 11.6 Å². The molecule has 0 spiro atoms. The summed E-state index contributed by atoms with van der Waals surface area (Å²) in [5.41, 5.74) is 4.91. The number of fused-ring (bicyclic) bond motifs is 1. The molecule has 4 aromatic rings. The summed E-state index contributed by atoms with van der Waals surface area (Å²) in [5.74, 6) is 1.91. The van der Waals surface area contributed by atoms with Crippen LogP contribution in [0.15, 0.2) is 66.9 Å². The summed E-state index contributed by atoms with van der Waals surface area (Å²) in [6.45, 7) is 7.44. The number of halogens is 1. The van der Waals surface area contributed by atoms with Gasteiger partial charge in [0.15, 0.2) is 5.82 Å². The minimum atomic E-state index is -0.310. The molecule has 0 radical (unpaired) electrons. The van der Waals surface area contributed by atoms with Crippen LogP contribution in [-0.4, -0.2) is 73.2 Å². The first-order chi connectivity index (χ1) is 21.3. The van der Waals surface area contributed by atoms with Crippen LogP contribution in [0, 0.1) is 6.92 Å². The molecule has 0 atom stereocenters. The van der Waals surface area contributed by atoms with E-state index < -0.39 is 0 Å². The van der Waals surface area contributed by atoms with Crippen molar-refractivity contribution >= 4 is 46.5 Å². The van der Waals surface area contributed by atoms with Gasteiger partial charge in [0, 0.05) is 56.2 Å². The van der Waals surface area contributed by atoms with Gasteiger partial charge in [-0.05, 0) is 55.4 Å². The molecule has 0 saturated carbocycles. The van der Waals surface area contributed by atoms with Gasteiger partial charge in [-0.3, -0.25) is 9.80 Å². The maximum Gasteiger partial charge on any atom is 0.335 e. The Kier molecular flexibility index (Phi) is 8.56. The molecule has 1 fully saturated rings. The Bertz CT molecular complexity index is 1640. The molecule has 2 amide bonds. The van der Waals surface area contributed by atoms with Crippen molar-refractivity contribution in [1.29, 1.82) is 0 Å². The number of piperazine rings is 1. The van der Waals surface area contributed by atoms with E-state index >= 15 is 0 Å². The smallest absolute Gasteiger partial charge is 0.335 e. The van der Waals surface area contributed by atoms with E-state index in [0.29, 0.717) is 39.7 Å². The second-order valence-corrected chi connectivity index (χ2v) is 11.5. The molecule has 11 heteroatoms. The number of anilines is 5. The number of nitrogens with zero attached hydrogens (tertiary/aromatic N) is 6. The summed E-state index contributed by atoms with van der Waals surface area (Å²) in [5, 5.41) is 3.80. The predicted octanol–water partition coefficient (Wildman–Crippen LogP) is 6.22. The Hall–Kier alpha value is -4.38. The molecule has 228 valence electrons. The molecule has 0 unspecified atom stereocenters. The largest absolute Gasteiger partial charge is 0.497 e. The van der Waals surface area contributed by atoms with Gasteiger partial charge in [-0.2, -0.15) is 4.98 Å². The molecule has 10 nitrogen and oxygen atoms in total. The van der Waals surface area contributed by atoms with Crippen LogP contribution in [0.3, 0.4) is 0 Å². The number of carbonyl (C=O) groups excluding carboxylic acids is 1. The molecule has 2 aliphatic heterocycles. The number of nitrogens with one attached hydrogen (secondary N) is 1. The van der Waals surface area contributed by atoms with Gasteiger partial charge in [0.25, 0.3) is 0 Å². The Morgan fingerprint density at radius 3 is 2.45 bits per heavy atom. The van der Waals surface area contributed by atoms with Gasteiger partial charge in [0.2, 0.25) is 5.95 Å². The highest BCUT2D eigenvalue weighted by Gasteiger charge is 2.37. The van der Waals surface area contributed by atoms with Crippen molar-refractivity contribution in [3.63, 3.8) is 0 Å². The number of hydrogen-bond donors (Lipinski definition) is 1. The summed E-state index contributed by atoms with van der Waals surface area (Å²) >= 11 is 6.63. The van der Waals surface area contributed by atoms with E-state index in [2.05, 4.69) is 39.3 Å². The molecule has 0 bridgehead atoms. The number of amides is 2. The summed E-state index contributed by atoms with van der Waals surface area (Å²) < 4.78 is 11.1. The standard InChI is InChI=1S/C33H36ClN7O3/c1-22-6-5-7-27(34)30(22)40-21-24-19-35-32(36-25-10-8-23(9-11-25)20-39-16-14-38(2)15-17-39)37-31(24)41(33(40)42)28-13-12-26(43-3)18-29(28)44-4/h5-13,18-19H,14-17,20-21H2,1-4H3,(H,35,36,37). The van der Waals surface area contributed by atoms with Crippen molar-refractivity contribution in [2.75, 3.05) is 62.6 Å². The first-order valence-corrected chi connectivity index (χ1v) is 14.9. The van der Waals surface area contributed by atoms with Gasteiger partial charge in [0.05, 0.1) is 37.2 Å². The lowest BCUT2D eigenvalue weighted by Crippen LogP contribution is -2.46. The van der Waals surface area contributed by atoms with E-state index in [1.165, 1.54) is 5.56 Å². The van der Waals surface area contributed by atoms with E-state index in [1.807, 2.05) is 31.2 Å². The predicted molar refractivity (Wildman–Crippen MR) is 174 cm³/mol. The molecule has 0 aliphatic carbocycles. The van der Waals surface area contributed by atoms with Gasteiger partial charge < -0.3 is 19.7 Å². The minimum absolute atomic E-state index is 0.259. The third-order valence-electron chi connectivity index (χ3n) is 8.10. The number of para-hydroxylation sites is 1. The molecular formula is C33H36ClN7O3. The van der Waals surface area contributed by atoms with Crippen molar-refractivity contribution in [3.8, 4) is 11.5 Å². The van der Waals surface area contributed by atoms with E-state index in [9.17, 15) is 4.79 Å². The van der Waals surface area contributed by atoms with E-state index in [4.69, 9.17) is 26.1 Å². The summed E-state index contributed by atoms with van der Waals surface area (Å²) in [6.07, 6.45) is 1.75. The molecule has 44 heavy (non-hydrogen) atoms. The van der Waals surface area contributed by atoms with Crippen LogP contribution in [0.25, 0.3) is 0 Å². The second-order valence-electron chi connectivity index (χ2n) is 11.1. The Morgan fingerprint density at radius 1 is 0.977 bits per heavy atom. The Morgan fingerprint density at radius 2 is 1.75 bits per heavy atom. The zero-order valence-corrected chi connectivity index (χ0v) is 26.1. The molecule has 1 N–H and O–H groups in total. The number of methoxy groups -OCH3 is 2. The third kappa shape index (κ3) is 6.01. The maximum atomic E-state index is 14.3. The van der Waals surface area contributed by atoms with Crippen LogP contribution < -0.4 is 24.6 Å². The average Bonchev–Trinajstić information content (AvgIpc) is 3.03. The number of likely N-dealkylation sites (N-methyl/N-ethyl adjacent to an activating group) is 1. The lowest BCUT2D eigenvalue weighted by atomic mass is 10.1. The van der Waals surface area contributed by atoms with Crippen molar-refractivity contribution in [3.05, 3.63) is 88.6 Å². The lowest BCUT2D eigenvalue weighted by Gasteiger charge is -2.37. The maximum absolute atomic E-state index is 14.3. The number of hydrogen-bond acceptors (Lipinski definition) is 8. The fraction of sp³-hybridized carbons (Fsp3) is 0.303. The zero-order valence-electron chi connectivity index (χ0n) is 25.4. The average molecular weight is 614 g/mol. The lowest BCUT2D eigenvalue weighted by molar-refractivity contribution is 0.148. The van der Waals surface area contributed by atoms with Gasteiger partial charge in [-0.15, -0.1) is 0 Å². The SMILES string of the molecule is COc1ccc(N2C(=O)N(c3c(C)cccc3Cl)Cc3cnc(Nc4ccc(CN5CCN(C)CC5)cc4)nc32)c(OC)c1. The number of ether oxygens (including phenoxy) is 2. The number of benzene rings is 3. The summed E-state index contributed by atoms with van der Waals surface area (Å²) in [4.78, 5) is 31.8. The number of aryl methyl sites for hydroxylation is 1. The minimum Gasteiger partial charge on any atom is -0.497 e. The van der Waals surface area contributed by atoms with Gasteiger partial charge in [-0.1, -0.05) is 35.9 Å². The number of carbonyl (C=O) groups is 1. The van der Waals surface area contributed by atoms with Crippen molar-refractivity contribution in [2.45, 2.75) is 20.0 Å². The highest BCUT2D eigenvalue weighted by molar-refractivity contribution is 6.34. The van der Waals surface area contributed by atoms with Gasteiger partial charge >= 0.3 is 6.03 Å². The van der Waals surface area contributed by atoms with Crippen LogP contribution in [0.5, 0.6) is 11.5 Å². The third-order valence-corrected chi connectivity index (χ3v) is 8.41. The van der Waals surface area contributed by atoms with E-state index in [0.717, 1.165) is 49.5 Å². The monoisotopic (exact) mass is 613 g/mol. The second kappa shape index (κ2) is 12.7. The topological polar surface area (TPSA) is 86.3 Å². The van der Waals surface area contributed by atoms with Crippen LogP contribution in [0.1, 0.15) is 16.7 Å². The molecular weight excluding hydrogens is 578 g/mol. The van der Waals surface area contributed by atoms with Crippen molar-refractivity contribution in [1.82, 2.24) is 19.8 Å². The molecule has 6 rings (SSSR count). The quantitative estimate of drug-likeness (QED) is 0.251. The molecule has 3 heterocycles. The first-order valence-electron chi connectivity index (χ1n) is 14.6. The molecule has 1 aromatic heterocycles. The number of aromatic nitrogens is 2. The van der Waals surface area contributed by atoms with Crippen LogP contribution in [-0.2, 0) is 13.1 Å².